The van der Waals surface area contributed by atoms with Crippen LogP contribution in [0.25, 0.3) is 11.3 Å². The first-order valence-electron chi connectivity index (χ1n) is 6.08. The van der Waals surface area contributed by atoms with Gasteiger partial charge >= 0.3 is 0 Å². The molecule has 1 aliphatic rings. The van der Waals surface area contributed by atoms with Crippen molar-refractivity contribution in [3.63, 3.8) is 0 Å². The molecule has 1 aliphatic heterocycles. The number of hydrogen-bond donors (Lipinski definition) is 2. The van der Waals surface area contributed by atoms with Gasteiger partial charge in [-0.05, 0) is 34.1 Å². The van der Waals surface area contributed by atoms with Gasteiger partial charge in [0.2, 0.25) is 0 Å². The maximum atomic E-state index is 11.7. The standard InChI is InChI=1S/C13H13BrN4O2/c1-18-9-4-7(2-3-10(9)20-6-11(18)19)13-12(14)8(5-15)16-17-13/h2-4H,5-6,15H2,1H3,(H,16,17). The van der Waals surface area contributed by atoms with Crippen LogP contribution in [0.5, 0.6) is 5.75 Å². The maximum Gasteiger partial charge on any atom is 0.264 e. The normalized spacial score (nSPS) is 14.2. The average Bonchev–Trinajstić information content (AvgIpc) is 2.84. The number of aromatic nitrogens is 2. The second-order valence-corrected chi connectivity index (χ2v) is 5.29. The van der Waals surface area contributed by atoms with Crippen LogP contribution in [0.4, 0.5) is 5.69 Å². The second kappa shape index (κ2) is 4.92. The molecule has 0 radical (unpaired) electrons. The van der Waals surface area contributed by atoms with Crippen molar-refractivity contribution < 1.29 is 9.53 Å². The van der Waals surface area contributed by atoms with Gasteiger partial charge in [-0.25, -0.2) is 0 Å². The zero-order chi connectivity index (χ0) is 14.3. The number of H-pyrrole nitrogens is 1. The minimum atomic E-state index is -0.0709. The average molecular weight is 337 g/mol. The SMILES string of the molecule is CN1C(=O)COc2ccc(-c3n[nH]c(CN)c3Br)cc21. The number of benzene rings is 1. The summed E-state index contributed by atoms with van der Waals surface area (Å²) in [7, 11) is 1.73. The second-order valence-electron chi connectivity index (χ2n) is 4.49. The van der Waals surface area contributed by atoms with Gasteiger partial charge in [-0.15, -0.1) is 0 Å². The van der Waals surface area contributed by atoms with Crippen molar-refractivity contribution in [2.75, 3.05) is 18.6 Å². The van der Waals surface area contributed by atoms with E-state index in [0.717, 1.165) is 27.1 Å². The summed E-state index contributed by atoms with van der Waals surface area (Å²) in [5.41, 5.74) is 8.84. The Morgan fingerprint density at radius 1 is 1.55 bits per heavy atom. The van der Waals surface area contributed by atoms with Gasteiger partial charge in [-0.3, -0.25) is 9.89 Å². The summed E-state index contributed by atoms with van der Waals surface area (Å²) in [6, 6.07) is 5.63. The molecule has 3 rings (SSSR count). The number of hydrogen-bond acceptors (Lipinski definition) is 4. The molecule has 6 nitrogen and oxygen atoms in total. The van der Waals surface area contributed by atoms with Crippen molar-refractivity contribution in [2.24, 2.45) is 5.73 Å². The number of carbonyl (C=O) groups is 1. The summed E-state index contributed by atoms with van der Waals surface area (Å²) in [6.45, 7) is 0.451. The molecule has 0 bridgehead atoms. The van der Waals surface area contributed by atoms with Crippen LogP contribution in [0.2, 0.25) is 0 Å². The first-order chi connectivity index (χ1) is 9.61. The first kappa shape index (κ1) is 13.1. The van der Waals surface area contributed by atoms with E-state index in [0.29, 0.717) is 12.3 Å². The predicted molar refractivity (Wildman–Crippen MR) is 78.5 cm³/mol. The van der Waals surface area contributed by atoms with Crippen LogP contribution in [-0.2, 0) is 11.3 Å². The molecule has 0 fully saturated rings. The van der Waals surface area contributed by atoms with E-state index in [1.165, 1.54) is 0 Å². The van der Waals surface area contributed by atoms with Crippen molar-refractivity contribution in [1.29, 1.82) is 0 Å². The molecule has 0 aliphatic carbocycles. The largest absolute Gasteiger partial charge is 0.482 e. The van der Waals surface area contributed by atoms with Crippen LogP contribution in [0, 0.1) is 0 Å². The molecule has 20 heavy (non-hydrogen) atoms. The number of ether oxygens (including phenoxy) is 1. The highest BCUT2D eigenvalue weighted by molar-refractivity contribution is 9.10. The Labute approximate surface area is 124 Å². The minimum Gasteiger partial charge on any atom is -0.482 e. The number of amides is 1. The fraction of sp³-hybridized carbons (Fsp3) is 0.231. The molecule has 0 saturated carbocycles. The van der Waals surface area contributed by atoms with E-state index < -0.39 is 0 Å². The summed E-state index contributed by atoms with van der Waals surface area (Å²) in [4.78, 5) is 13.3. The molecular formula is C13H13BrN4O2. The van der Waals surface area contributed by atoms with Crippen LogP contribution in [0.15, 0.2) is 22.7 Å². The van der Waals surface area contributed by atoms with Gasteiger partial charge in [0.1, 0.15) is 11.4 Å². The van der Waals surface area contributed by atoms with Crippen LogP contribution in [-0.4, -0.2) is 29.8 Å². The third-order valence-corrected chi connectivity index (χ3v) is 4.15. The van der Waals surface area contributed by atoms with Gasteiger partial charge in [-0.2, -0.15) is 5.10 Å². The monoisotopic (exact) mass is 336 g/mol. The minimum absolute atomic E-state index is 0.0709. The van der Waals surface area contributed by atoms with Crippen molar-refractivity contribution >= 4 is 27.5 Å². The smallest absolute Gasteiger partial charge is 0.264 e. The van der Waals surface area contributed by atoms with Crippen molar-refractivity contribution in [1.82, 2.24) is 10.2 Å². The van der Waals surface area contributed by atoms with Crippen molar-refractivity contribution in [3.05, 3.63) is 28.4 Å². The van der Waals surface area contributed by atoms with Crippen molar-refractivity contribution in [3.8, 4) is 17.0 Å². The maximum absolute atomic E-state index is 11.7. The molecular weight excluding hydrogens is 324 g/mol. The highest BCUT2D eigenvalue weighted by Gasteiger charge is 2.23. The number of anilines is 1. The van der Waals surface area contributed by atoms with E-state index in [4.69, 9.17) is 10.5 Å². The first-order valence-corrected chi connectivity index (χ1v) is 6.87. The van der Waals surface area contributed by atoms with E-state index in [1.807, 2.05) is 18.2 Å². The predicted octanol–water partition coefficient (Wildman–Crippen LogP) is 1.65. The van der Waals surface area contributed by atoms with E-state index in [9.17, 15) is 4.79 Å². The molecule has 0 atom stereocenters. The lowest BCUT2D eigenvalue weighted by atomic mass is 10.1. The van der Waals surface area contributed by atoms with Crippen LogP contribution in [0.3, 0.4) is 0 Å². The van der Waals surface area contributed by atoms with Crippen LogP contribution < -0.4 is 15.4 Å². The highest BCUT2D eigenvalue weighted by Crippen LogP contribution is 2.37. The fourth-order valence-corrected chi connectivity index (χ4v) is 2.68. The molecule has 0 saturated heterocycles. The number of nitrogens with one attached hydrogen (secondary N) is 1. The lowest BCUT2D eigenvalue weighted by Gasteiger charge is -2.26. The molecule has 2 aromatic rings. The van der Waals surface area contributed by atoms with E-state index in [-0.39, 0.29) is 12.5 Å². The van der Waals surface area contributed by atoms with Gasteiger partial charge < -0.3 is 15.4 Å². The Morgan fingerprint density at radius 3 is 3.05 bits per heavy atom. The molecule has 104 valence electrons. The van der Waals surface area contributed by atoms with Gasteiger partial charge in [0.15, 0.2) is 6.61 Å². The summed E-state index contributed by atoms with van der Waals surface area (Å²) in [5, 5.41) is 7.14. The molecule has 2 heterocycles. The van der Waals surface area contributed by atoms with Crippen molar-refractivity contribution in [2.45, 2.75) is 6.54 Å². The quantitative estimate of drug-likeness (QED) is 0.873. The Morgan fingerprint density at radius 2 is 2.35 bits per heavy atom. The van der Waals surface area contributed by atoms with E-state index in [1.54, 1.807) is 11.9 Å². The molecule has 7 heteroatoms. The molecule has 0 spiro atoms. The number of likely N-dealkylation sites (N-methyl/N-ethyl adjacent to an activating group) is 1. The number of fused-ring (bicyclic) bond motifs is 1. The lowest BCUT2D eigenvalue weighted by molar-refractivity contribution is -0.120. The topological polar surface area (TPSA) is 84.2 Å². The van der Waals surface area contributed by atoms with Gasteiger partial charge in [0.05, 0.1) is 15.9 Å². The summed E-state index contributed by atoms with van der Waals surface area (Å²) in [5.74, 6) is 0.625. The Kier molecular flexibility index (Phi) is 3.23. The van der Waals surface area contributed by atoms with E-state index >= 15 is 0 Å². The molecule has 1 aromatic heterocycles. The third kappa shape index (κ3) is 1.99. The number of nitrogens with two attached hydrogens (primary N) is 1. The Balaban J connectivity index is 2.08. The number of aromatic amines is 1. The summed E-state index contributed by atoms with van der Waals surface area (Å²) < 4.78 is 6.24. The Bertz CT molecular complexity index is 683. The van der Waals surface area contributed by atoms with Crippen LogP contribution >= 0.6 is 15.9 Å². The Hall–Kier alpha value is -1.86. The molecule has 0 unspecified atom stereocenters. The fourth-order valence-electron chi connectivity index (χ4n) is 2.11. The van der Waals surface area contributed by atoms with Gasteiger partial charge in [0.25, 0.3) is 5.91 Å². The summed E-state index contributed by atoms with van der Waals surface area (Å²) in [6.07, 6.45) is 0. The third-order valence-electron chi connectivity index (χ3n) is 3.30. The number of halogens is 1. The van der Waals surface area contributed by atoms with Gasteiger partial charge in [-0.1, -0.05) is 0 Å². The number of carbonyl (C=O) groups excluding carboxylic acids is 1. The number of nitrogens with zero attached hydrogens (tertiary/aromatic N) is 2. The zero-order valence-corrected chi connectivity index (χ0v) is 12.4. The molecule has 1 amide bonds. The van der Waals surface area contributed by atoms with E-state index in [2.05, 4.69) is 26.1 Å². The number of rotatable bonds is 2. The summed E-state index contributed by atoms with van der Waals surface area (Å²) >= 11 is 3.49. The zero-order valence-electron chi connectivity index (χ0n) is 10.8. The highest BCUT2D eigenvalue weighted by atomic mass is 79.9. The molecule has 1 aromatic carbocycles. The van der Waals surface area contributed by atoms with Crippen LogP contribution in [0.1, 0.15) is 5.69 Å². The van der Waals surface area contributed by atoms with Gasteiger partial charge in [0, 0.05) is 19.2 Å². The lowest BCUT2D eigenvalue weighted by Crippen LogP contribution is -2.35. The molecule has 3 N–H and O–H groups in total.